The van der Waals surface area contributed by atoms with E-state index in [4.69, 9.17) is 0 Å². The van der Waals surface area contributed by atoms with Crippen molar-refractivity contribution >= 4 is 0 Å². The largest absolute Gasteiger partial charge is 0.508 e. The number of β-amino-alcohol motifs (C(OH)–C–C–N with tert-alkyl or cyclic N) is 1. The summed E-state index contributed by atoms with van der Waals surface area (Å²) in [5.74, 6) is 0.243. The molecular formula is C22H29NO3. The van der Waals surface area contributed by atoms with Gasteiger partial charge in [-0.15, -0.1) is 0 Å². The molecule has 1 saturated heterocycles. The number of aromatic hydroxyl groups is 1. The van der Waals surface area contributed by atoms with Gasteiger partial charge in [0.2, 0.25) is 0 Å². The van der Waals surface area contributed by atoms with Crippen LogP contribution in [0.1, 0.15) is 29.5 Å². The number of aliphatic hydroxyl groups is 2. The maximum atomic E-state index is 10.9. The number of benzene rings is 2. The molecule has 0 saturated carbocycles. The van der Waals surface area contributed by atoms with Gasteiger partial charge in [-0.05, 0) is 49.4 Å². The van der Waals surface area contributed by atoms with Crippen molar-refractivity contribution in [2.24, 2.45) is 0 Å². The predicted molar refractivity (Wildman–Crippen MR) is 103 cm³/mol. The highest BCUT2D eigenvalue weighted by atomic mass is 16.3. The van der Waals surface area contributed by atoms with E-state index in [0.717, 1.165) is 31.5 Å². The quantitative estimate of drug-likeness (QED) is 0.745. The summed E-state index contributed by atoms with van der Waals surface area (Å²) in [5.41, 5.74) is 2.79. The van der Waals surface area contributed by atoms with Gasteiger partial charge in [0, 0.05) is 26.1 Å². The third kappa shape index (κ3) is 5.31. The van der Waals surface area contributed by atoms with Gasteiger partial charge in [0.25, 0.3) is 0 Å². The van der Waals surface area contributed by atoms with Crippen LogP contribution < -0.4 is 0 Å². The molecule has 2 aromatic rings. The first-order valence-corrected chi connectivity index (χ1v) is 9.38. The van der Waals surface area contributed by atoms with Crippen molar-refractivity contribution in [2.75, 3.05) is 19.6 Å². The second-order valence-electron chi connectivity index (χ2n) is 7.71. The van der Waals surface area contributed by atoms with Gasteiger partial charge in [0.1, 0.15) is 5.75 Å². The van der Waals surface area contributed by atoms with Gasteiger partial charge in [-0.25, -0.2) is 0 Å². The first-order valence-electron chi connectivity index (χ1n) is 9.38. The van der Waals surface area contributed by atoms with Gasteiger partial charge in [0.05, 0.1) is 11.7 Å². The lowest BCUT2D eigenvalue weighted by Crippen LogP contribution is -2.47. The number of piperidine rings is 1. The smallest absolute Gasteiger partial charge is 0.115 e. The normalized spacial score (nSPS) is 18.6. The van der Waals surface area contributed by atoms with Crippen molar-refractivity contribution in [3.63, 3.8) is 0 Å². The van der Waals surface area contributed by atoms with Crippen LogP contribution in [0.15, 0.2) is 48.5 Å². The second-order valence-corrected chi connectivity index (χ2v) is 7.71. The van der Waals surface area contributed by atoms with Gasteiger partial charge in [-0.3, -0.25) is 0 Å². The van der Waals surface area contributed by atoms with Gasteiger partial charge >= 0.3 is 0 Å². The SMILES string of the molecule is Cc1ccc(CC2(O)CCN(C[C@@H](O)Cc3ccc(O)cc3)CC2)cc1. The molecular weight excluding hydrogens is 326 g/mol. The number of rotatable bonds is 6. The Balaban J connectivity index is 1.46. The standard InChI is InChI=1S/C22H29NO3/c1-17-2-4-19(5-3-17)15-22(26)10-12-23(13-11-22)16-21(25)14-18-6-8-20(24)9-7-18/h2-9,21,24-26H,10-16H2,1H3/t21-/m0/s1. The minimum atomic E-state index is -0.645. The molecule has 1 aliphatic rings. The second kappa shape index (κ2) is 8.21. The van der Waals surface area contributed by atoms with E-state index >= 15 is 0 Å². The zero-order valence-corrected chi connectivity index (χ0v) is 15.4. The summed E-state index contributed by atoms with van der Waals surface area (Å²) in [5, 5.41) is 30.6. The molecule has 1 aliphatic heterocycles. The lowest BCUT2D eigenvalue weighted by atomic mass is 9.85. The van der Waals surface area contributed by atoms with Gasteiger partial charge in [-0.2, -0.15) is 0 Å². The van der Waals surface area contributed by atoms with E-state index in [9.17, 15) is 15.3 Å². The summed E-state index contributed by atoms with van der Waals surface area (Å²) in [4.78, 5) is 2.23. The molecule has 4 heteroatoms. The van der Waals surface area contributed by atoms with Crippen molar-refractivity contribution < 1.29 is 15.3 Å². The number of hydrogen-bond acceptors (Lipinski definition) is 4. The van der Waals surface area contributed by atoms with Crippen LogP contribution in [0.2, 0.25) is 0 Å². The Labute approximate surface area is 155 Å². The maximum absolute atomic E-state index is 10.9. The Morgan fingerprint density at radius 3 is 2.15 bits per heavy atom. The zero-order valence-electron chi connectivity index (χ0n) is 15.4. The molecule has 0 aromatic heterocycles. The summed E-state index contributed by atoms with van der Waals surface area (Å²) in [7, 11) is 0. The minimum absolute atomic E-state index is 0.243. The average molecular weight is 355 g/mol. The fraction of sp³-hybridized carbons (Fsp3) is 0.455. The third-order valence-electron chi connectivity index (χ3n) is 5.32. The lowest BCUT2D eigenvalue weighted by Gasteiger charge is -2.39. The Morgan fingerprint density at radius 1 is 0.962 bits per heavy atom. The van der Waals surface area contributed by atoms with Crippen LogP contribution >= 0.6 is 0 Å². The molecule has 2 aromatic carbocycles. The molecule has 3 rings (SSSR count). The minimum Gasteiger partial charge on any atom is -0.508 e. The van der Waals surface area contributed by atoms with Crippen molar-refractivity contribution in [3.05, 3.63) is 65.2 Å². The van der Waals surface area contributed by atoms with E-state index in [1.54, 1.807) is 12.1 Å². The Hall–Kier alpha value is -1.88. The summed E-state index contributed by atoms with van der Waals surface area (Å²) >= 11 is 0. The number of likely N-dealkylation sites (tertiary alicyclic amines) is 1. The summed E-state index contributed by atoms with van der Waals surface area (Å²) in [6, 6.07) is 15.4. The first kappa shape index (κ1) is 18.9. The number of aliphatic hydroxyl groups excluding tert-OH is 1. The average Bonchev–Trinajstić information content (AvgIpc) is 2.61. The van der Waals surface area contributed by atoms with Crippen LogP contribution in [-0.2, 0) is 12.8 Å². The van der Waals surface area contributed by atoms with E-state index in [2.05, 4.69) is 36.1 Å². The lowest BCUT2D eigenvalue weighted by molar-refractivity contribution is -0.0292. The summed E-state index contributed by atoms with van der Waals surface area (Å²) < 4.78 is 0. The molecule has 0 spiro atoms. The molecule has 0 bridgehead atoms. The molecule has 3 N–H and O–H groups in total. The van der Waals surface area contributed by atoms with Crippen LogP contribution in [0.3, 0.4) is 0 Å². The van der Waals surface area contributed by atoms with Crippen molar-refractivity contribution in [2.45, 2.75) is 44.3 Å². The molecule has 0 amide bonds. The fourth-order valence-electron chi connectivity index (χ4n) is 3.68. The molecule has 26 heavy (non-hydrogen) atoms. The van der Waals surface area contributed by atoms with Crippen LogP contribution in [-0.4, -0.2) is 51.6 Å². The monoisotopic (exact) mass is 355 g/mol. The fourth-order valence-corrected chi connectivity index (χ4v) is 3.68. The molecule has 4 nitrogen and oxygen atoms in total. The van der Waals surface area contributed by atoms with Crippen LogP contribution in [0, 0.1) is 6.92 Å². The van der Waals surface area contributed by atoms with Crippen LogP contribution in [0.5, 0.6) is 5.75 Å². The van der Waals surface area contributed by atoms with Crippen molar-refractivity contribution in [1.82, 2.24) is 4.90 Å². The third-order valence-corrected chi connectivity index (χ3v) is 5.32. The van der Waals surface area contributed by atoms with Crippen molar-refractivity contribution in [3.8, 4) is 5.75 Å². The molecule has 0 aliphatic carbocycles. The number of aryl methyl sites for hydroxylation is 1. The zero-order chi connectivity index (χ0) is 18.6. The molecule has 1 heterocycles. The van der Waals surface area contributed by atoms with Gasteiger partial charge < -0.3 is 20.2 Å². The van der Waals surface area contributed by atoms with Gasteiger partial charge in [0.15, 0.2) is 0 Å². The van der Waals surface area contributed by atoms with Crippen LogP contribution in [0.25, 0.3) is 0 Å². The summed E-state index contributed by atoms with van der Waals surface area (Å²) in [6.45, 7) is 4.28. The highest BCUT2D eigenvalue weighted by molar-refractivity contribution is 5.26. The Morgan fingerprint density at radius 2 is 1.54 bits per heavy atom. The van der Waals surface area contributed by atoms with E-state index in [1.165, 1.54) is 11.1 Å². The number of nitrogens with zero attached hydrogens (tertiary/aromatic N) is 1. The Bertz CT molecular complexity index is 688. The van der Waals surface area contributed by atoms with E-state index in [-0.39, 0.29) is 5.75 Å². The summed E-state index contributed by atoms with van der Waals surface area (Å²) in [6.07, 6.45) is 2.28. The van der Waals surface area contributed by atoms with Crippen LogP contribution in [0.4, 0.5) is 0 Å². The molecule has 140 valence electrons. The number of phenols is 1. The maximum Gasteiger partial charge on any atom is 0.115 e. The predicted octanol–water partition coefficient (Wildman–Crippen LogP) is 2.67. The first-order chi connectivity index (χ1) is 12.4. The highest BCUT2D eigenvalue weighted by Gasteiger charge is 2.32. The van der Waals surface area contributed by atoms with E-state index < -0.39 is 11.7 Å². The number of hydrogen-bond donors (Lipinski definition) is 3. The molecule has 0 radical (unpaired) electrons. The molecule has 0 unspecified atom stereocenters. The number of phenolic OH excluding ortho intramolecular Hbond substituents is 1. The highest BCUT2D eigenvalue weighted by Crippen LogP contribution is 2.27. The van der Waals surface area contributed by atoms with E-state index in [1.807, 2.05) is 12.1 Å². The molecule has 1 atom stereocenters. The topological polar surface area (TPSA) is 63.9 Å². The Kier molecular flexibility index (Phi) is 5.97. The molecule has 1 fully saturated rings. The van der Waals surface area contributed by atoms with Gasteiger partial charge in [-0.1, -0.05) is 42.0 Å². The van der Waals surface area contributed by atoms with Crippen molar-refractivity contribution in [1.29, 1.82) is 0 Å². The van der Waals surface area contributed by atoms with E-state index in [0.29, 0.717) is 19.4 Å².